The van der Waals surface area contributed by atoms with E-state index in [2.05, 4.69) is 13.5 Å². The van der Waals surface area contributed by atoms with Crippen LogP contribution in [-0.2, 0) is 14.2 Å². The van der Waals surface area contributed by atoms with Crippen LogP contribution in [-0.4, -0.2) is 18.7 Å². The maximum Gasteiger partial charge on any atom is 0.201 e. The zero-order valence-corrected chi connectivity index (χ0v) is 7.71. The van der Waals surface area contributed by atoms with Crippen molar-refractivity contribution in [3.05, 3.63) is 12.8 Å². The fraction of sp³-hybridized carbons (Fsp3) is 0.778. The first-order valence-corrected chi connectivity index (χ1v) is 4.28. The number of hydrogen-bond donors (Lipinski definition) is 0. The lowest BCUT2D eigenvalue weighted by molar-refractivity contribution is -0.180. The first-order valence-electron chi connectivity index (χ1n) is 4.28. The molecular formula is C9H16O3. The van der Waals surface area contributed by atoms with Gasteiger partial charge in [-0.1, -0.05) is 19.9 Å². The lowest BCUT2D eigenvalue weighted by Gasteiger charge is -2.18. The molecule has 1 fully saturated rings. The number of rotatable bonds is 6. The Labute approximate surface area is 73.3 Å². The third-order valence-electron chi connectivity index (χ3n) is 1.70. The van der Waals surface area contributed by atoms with E-state index in [0.717, 1.165) is 12.8 Å². The van der Waals surface area contributed by atoms with Gasteiger partial charge in [-0.2, -0.15) is 0 Å². The Morgan fingerprint density at radius 1 is 1.75 bits per heavy atom. The van der Waals surface area contributed by atoms with Gasteiger partial charge < -0.3 is 14.2 Å². The molecule has 3 nitrogen and oxygen atoms in total. The molecule has 2 atom stereocenters. The van der Waals surface area contributed by atoms with Crippen LogP contribution in [0.2, 0.25) is 0 Å². The molecule has 0 bridgehead atoms. The predicted molar refractivity (Wildman–Crippen MR) is 45.4 cm³/mol. The molecule has 0 spiro atoms. The van der Waals surface area contributed by atoms with Crippen molar-refractivity contribution in [2.45, 2.75) is 38.8 Å². The van der Waals surface area contributed by atoms with Crippen LogP contribution in [0.5, 0.6) is 0 Å². The van der Waals surface area contributed by atoms with Gasteiger partial charge in [0, 0.05) is 6.42 Å². The molecule has 1 heterocycles. The second kappa shape index (κ2) is 3.92. The highest BCUT2D eigenvalue weighted by atomic mass is 16.8. The fourth-order valence-corrected chi connectivity index (χ4v) is 0.945. The van der Waals surface area contributed by atoms with Crippen molar-refractivity contribution in [3.63, 3.8) is 0 Å². The standard InChI is InChI=1S/C9H16O3/c1-4-6-8(10-5-2)12-9(3)7-11-9/h5,8H,2,4,6-7H2,1,3H3. The normalized spacial score (nSPS) is 29.5. The summed E-state index contributed by atoms with van der Waals surface area (Å²) < 4.78 is 15.8. The van der Waals surface area contributed by atoms with Gasteiger partial charge in [-0.25, -0.2) is 0 Å². The van der Waals surface area contributed by atoms with E-state index in [1.807, 2.05) is 6.92 Å². The first-order chi connectivity index (χ1) is 5.70. The quantitative estimate of drug-likeness (QED) is 0.349. The zero-order chi connectivity index (χ0) is 9.03. The Hall–Kier alpha value is -0.540. The first kappa shape index (κ1) is 9.55. The molecule has 70 valence electrons. The van der Waals surface area contributed by atoms with E-state index in [1.165, 1.54) is 6.26 Å². The van der Waals surface area contributed by atoms with Crippen LogP contribution in [0.3, 0.4) is 0 Å². The van der Waals surface area contributed by atoms with Crippen molar-refractivity contribution in [1.29, 1.82) is 0 Å². The monoisotopic (exact) mass is 172 g/mol. The molecule has 0 aliphatic carbocycles. The molecule has 12 heavy (non-hydrogen) atoms. The molecule has 0 saturated carbocycles. The molecule has 3 heteroatoms. The van der Waals surface area contributed by atoms with Crippen LogP contribution in [0, 0.1) is 0 Å². The maximum atomic E-state index is 5.51. The van der Waals surface area contributed by atoms with E-state index in [0.29, 0.717) is 6.61 Å². The minimum Gasteiger partial charge on any atom is -0.473 e. The van der Waals surface area contributed by atoms with Crippen LogP contribution < -0.4 is 0 Å². The summed E-state index contributed by atoms with van der Waals surface area (Å²) in [7, 11) is 0. The number of epoxide rings is 1. The van der Waals surface area contributed by atoms with Crippen molar-refractivity contribution < 1.29 is 14.2 Å². The molecule has 0 aromatic carbocycles. The van der Waals surface area contributed by atoms with Crippen molar-refractivity contribution >= 4 is 0 Å². The van der Waals surface area contributed by atoms with E-state index in [9.17, 15) is 0 Å². The summed E-state index contributed by atoms with van der Waals surface area (Å²) in [5.74, 6) is -0.400. The van der Waals surface area contributed by atoms with E-state index in [1.54, 1.807) is 0 Å². The van der Waals surface area contributed by atoms with Gasteiger partial charge in [0.2, 0.25) is 6.29 Å². The second-order valence-corrected chi connectivity index (χ2v) is 3.06. The minimum absolute atomic E-state index is 0.208. The molecule has 0 radical (unpaired) electrons. The van der Waals surface area contributed by atoms with E-state index >= 15 is 0 Å². The van der Waals surface area contributed by atoms with Crippen LogP contribution in [0.25, 0.3) is 0 Å². The molecular weight excluding hydrogens is 156 g/mol. The van der Waals surface area contributed by atoms with Gasteiger partial charge in [-0.05, 0) is 6.92 Å². The van der Waals surface area contributed by atoms with Gasteiger partial charge in [0.1, 0.15) is 6.61 Å². The summed E-state index contributed by atoms with van der Waals surface area (Å²) >= 11 is 0. The van der Waals surface area contributed by atoms with Crippen LogP contribution in [0.4, 0.5) is 0 Å². The molecule has 0 aromatic heterocycles. The van der Waals surface area contributed by atoms with E-state index in [-0.39, 0.29) is 6.29 Å². The number of hydrogen-bond acceptors (Lipinski definition) is 3. The molecule has 0 N–H and O–H groups in total. The SMILES string of the molecule is C=COC(CCC)OC1(C)CO1. The Bertz CT molecular complexity index is 152. The van der Waals surface area contributed by atoms with Crippen molar-refractivity contribution in [2.75, 3.05) is 6.61 Å². The second-order valence-electron chi connectivity index (χ2n) is 3.06. The van der Waals surface area contributed by atoms with E-state index in [4.69, 9.17) is 14.2 Å². The predicted octanol–water partition coefficient (Wildman–Crippen LogP) is 2.04. The highest BCUT2D eigenvalue weighted by Crippen LogP contribution is 2.30. The summed E-state index contributed by atoms with van der Waals surface area (Å²) in [5.41, 5.74) is 0. The molecule has 1 saturated heterocycles. The Morgan fingerprint density at radius 3 is 2.83 bits per heavy atom. The van der Waals surface area contributed by atoms with Gasteiger partial charge in [-0.3, -0.25) is 0 Å². The average molecular weight is 172 g/mol. The van der Waals surface area contributed by atoms with Crippen LogP contribution in [0.15, 0.2) is 12.8 Å². The molecule has 1 rings (SSSR count). The zero-order valence-electron chi connectivity index (χ0n) is 7.71. The number of ether oxygens (including phenoxy) is 3. The van der Waals surface area contributed by atoms with E-state index < -0.39 is 5.79 Å². The van der Waals surface area contributed by atoms with Crippen molar-refractivity contribution in [1.82, 2.24) is 0 Å². The van der Waals surface area contributed by atoms with Crippen molar-refractivity contribution in [3.8, 4) is 0 Å². The van der Waals surface area contributed by atoms with Gasteiger partial charge in [0.25, 0.3) is 0 Å². The Balaban J connectivity index is 2.26. The Morgan fingerprint density at radius 2 is 2.42 bits per heavy atom. The fourth-order valence-electron chi connectivity index (χ4n) is 0.945. The summed E-state index contributed by atoms with van der Waals surface area (Å²) in [4.78, 5) is 0. The third-order valence-corrected chi connectivity index (χ3v) is 1.70. The summed E-state index contributed by atoms with van der Waals surface area (Å²) in [5, 5.41) is 0. The minimum atomic E-state index is -0.400. The lowest BCUT2D eigenvalue weighted by Crippen LogP contribution is -2.23. The summed E-state index contributed by atoms with van der Waals surface area (Å²) in [6.07, 6.45) is 3.09. The highest BCUT2D eigenvalue weighted by molar-refractivity contribution is 4.76. The summed E-state index contributed by atoms with van der Waals surface area (Å²) in [6, 6.07) is 0. The maximum absolute atomic E-state index is 5.51. The third kappa shape index (κ3) is 2.83. The smallest absolute Gasteiger partial charge is 0.201 e. The van der Waals surface area contributed by atoms with Crippen molar-refractivity contribution in [2.24, 2.45) is 0 Å². The van der Waals surface area contributed by atoms with Gasteiger partial charge in [-0.15, -0.1) is 0 Å². The van der Waals surface area contributed by atoms with Gasteiger partial charge in [0.15, 0.2) is 5.79 Å². The lowest BCUT2D eigenvalue weighted by atomic mass is 10.3. The van der Waals surface area contributed by atoms with Gasteiger partial charge in [0.05, 0.1) is 6.26 Å². The van der Waals surface area contributed by atoms with Crippen LogP contribution in [0.1, 0.15) is 26.7 Å². The molecule has 1 aliphatic heterocycles. The van der Waals surface area contributed by atoms with Gasteiger partial charge >= 0.3 is 0 Å². The Kier molecular flexibility index (Phi) is 3.12. The largest absolute Gasteiger partial charge is 0.473 e. The molecule has 1 aliphatic rings. The molecule has 0 amide bonds. The molecule has 2 unspecified atom stereocenters. The molecule has 0 aromatic rings. The average Bonchev–Trinajstić information content (AvgIpc) is 2.69. The topological polar surface area (TPSA) is 31.0 Å². The summed E-state index contributed by atoms with van der Waals surface area (Å²) in [6.45, 7) is 8.14. The highest BCUT2D eigenvalue weighted by Gasteiger charge is 2.43. The van der Waals surface area contributed by atoms with Crippen LogP contribution >= 0.6 is 0 Å².